The molecule has 0 saturated heterocycles. The Kier molecular flexibility index (Phi) is 4.00. The third-order valence-corrected chi connectivity index (χ3v) is 5.32. The fraction of sp³-hybridized carbons (Fsp3) is 0.105. The van der Waals surface area contributed by atoms with E-state index in [2.05, 4.69) is 26.9 Å². The van der Waals surface area contributed by atoms with Gasteiger partial charge in [0.15, 0.2) is 4.96 Å². The highest BCUT2D eigenvalue weighted by molar-refractivity contribution is 7.15. The number of nitriles is 1. The minimum atomic E-state index is 0.267. The number of imidazole rings is 1. The van der Waals surface area contributed by atoms with Crippen LogP contribution in [-0.2, 0) is 6.42 Å². The molecule has 0 aliphatic heterocycles. The topological polar surface area (TPSA) is 54.0 Å². The van der Waals surface area contributed by atoms with Crippen molar-refractivity contribution in [2.45, 2.75) is 13.3 Å². The van der Waals surface area contributed by atoms with E-state index >= 15 is 0 Å². The molecule has 0 amide bonds. The van der Waals surface area contributed by atoms with Crippen molar-refractivity contribution in [1.29, 1.82) is 5.26 Å². The van der Waals surface area contributed by atoms with Crippen molar-refractivity contribution >= 4 is 27.9 Å². The van der Waals surface area contributed by atoms with E-state index in [1.54, 1.807) is 17.5 Å². The molecular weight excluding hydrogens is 352 g/mol. The molecule has 0 spiro atoms. The summed E-state index contributed by atoms with van der Waals surface area (Å²) in [5, 5.41) is 12.1. The fourth-order valence-electron chi connectivity index (χ4n) is 2.87. The molecule has 4 nitrogen and oxygen atoms in total. The first-order chi connectivity index (χ1) is 12.2. The van der Waals surface area contributed by atoms with E-state index < -0.39 is 0 Å². The van der Waals surface area contributed by atoms with Gasteiger partial charge >= 0.3 is 0 Å². The minimum Gasteiger partial charge on any atom is -0.285 e. The summed E-state index contributed by atoms with van der Waals surface area (Å²) in [7, 11) is 0. The van der Waals surface area contributed by atoms with Crippen LogP contribution in [0.2, 0.25) is 5.02 Å². The van der Waals surface area contributed by atoms with E-state index in [-0.39, 0.29) is 6.42 Å². The molecule has 3 heterocycles. The number of hydrogen-bond acceptors (Lipinski definition) is 4. The zero-order chi connectivity index (χ0) is 17.4. The van der Waals surface area contributed by atoms with Crippen LogP contribution in [0, 0.1) is 18.3 Å². The standard InChI is InChI=1S/C19H13ClN4S/c1-12-10-13(5-6-14(12)20)17-11-25-19-23-18(15-4-2-3-9-22-15)16(7-8-21)24(17)19/h2-6,9-11H,7H2,1H3. The SMILES string of the molecule is Cc1cc(-c2csc3nc(-c4ccccn4)c(CC#N)n23)ccc1Cl. The Labute approximate surface area is 154 Å². The van der Waals surface area contributed by atoms with Crippen molar-refractivity contribution in [3.63, 3.8) is 0 Å². The molecule has 3 aromatic heterocycles. The lowest BCUT2D eigenvalue weighted by Crippen LogP contribution is -1.96. The van der Waals surface area contributed by atoms with E-state index in [0.29, 0.717) is 0 Å². The number of aromatic nitrogens is 3. The summed E-state index contributed by atoms with van der Waals surface area (Å²) < 4.78 is 2.06. The number of halogens is 1. The van der Waals surface area contributed by atoms with Gasteiger partial charge in [-0.3, -0.25) is 9.38 Å². The van der Waals surface area contributed by atoms with Crippen LogP contribution in [-0.4, -0.2) is 14.4 Å². The van der Waals surface area contributed by atoms with Crippen LogP contribution in [0.3, 0.4) is 0 Å². The Hall–Kier alpha value is -2.68. The van der Waals surface area contributed by atoms with Crippen LogP contribution < -0.4 is 0 Å². The van der Waals surface area contributed by atoms with Crippen molar-refractivity contribution < 1.29 is 0 Å². The van der Waals surface area contributed by atoms with Crippen molar-refractivity contribution in [1.82, 2.24) is 14.4 Å². The number of rotatable bonds is 3. The second-order valence-electron chi connectivity index (χ2n) is 5.66. The molecule has 122 valence electrons. The maximum Gasteiger partial charge on any atom is 0.195 e. The van der Waals surface area contributed by atoms with Crippen molar-refractivity contribution in [2.75, 3.05) is 0 Å². The van der Waals surface area contributed by atoms with Gasteiger partial charge in [0.2, 0.25) is 0 Å². The van der Waals surface area contributed by atoms with Gasteiger partial charge in [0.25, 0.3) is 0 Å². The lowest BCUT2D eigenvalue weighted by molar-refractivity contribution is 1.07. The van der Waals surface area contributed by atoms with E-state index in [0.717, 1.165) is 43.9 Å². The molecule has 0 radical (unpaired) electrons. The van der Waals surface area contributed by atoms with Crippen molar-refractivity contribution in [2.24, 2.45) is 0 Å². The highest BCUT2D eigenvalue weighted by Gasteiger charge is 2.19. The molecule has 0 atom stereocenters. The lowest BCUT2D eigenvalue weighted by Gasteiger charge is -2.06. The first kappa shape index (κ1) is 15.8. The molecule has 0 aliphatic rings. The lowest BCUT2D eigenvalue weighted by atomic mass is 10.1. The highest BCUT2D eigenvalue weighted by Crippen LogP contribution is 2.33. The molecule has 0 unspecified atom stereocenters. The summed E-state index contributed by atoms with van der Waals surface area (Å²) in [5.74, 6) is 0. The fourth-order valence-corrected chi connectivity index (χ4v) is 3.90. The second kappa shape index (κ2) is 6.32. The number of fused-ring (bicyclic) bond motifs is 1. The van der Waals surface area contributed by atoms with Crippen LogP contribution in [0.4, 0.5) is 0 Å². The van der Waals surface area contributed by atoms with Gasteiger partial charge in [0.1, 0.15) is 5.69 Å². The molecule has 0 fully saturated rings. The highest BCUT2D eigenvalue weighted by atomic mass is 35.5. The molecule has 0 N–H and O–H groups in total. The van der Waals surface area contributed by atoms with Crippen molar-refractivity contribution in [3.8, 4) is 28.7 Å². The van der Waals surface area contributed by atoms with Crippen LogP contribution >= 0.6 is 22.9 Å². The van der Waals surface area contributed by atoms with Gasteiger partial charge in [0.05, 0.1) is 29.6 Å². The Balaban J connectivity index is 1.97. The zero-order valence-corrected chi connectivity index (χ0v) is 15.0. The van der Waals surface area contributed by atoms with Gasteiger partial charge in [-0.15, -0.1) is 11.3 Å². The first-order valence-corrected chi connectivity index (χ1v) is 8.98. The number of pyridine rings is 1. The maximum absolute atomic E-state index is 9.32. The molecule has 0 aliphatic carbocycles. The molecule has 1 aromatic carbocycles. The van der Waals surface area contributed by atoms with Crippen LogP contribution in [0.1, 0.15) is 11.3 Å². The second-order valence-corrected chi connectivity index (χ2v) is 6.90. The third-order valence-electron chi connectivity index (χ3n) is 4.07. The average molecular weight is 365 g/mol. The summed E-state index contributed by atoms with van der Waals surface area (Å²) in [6.07, 6.45) is 2.01. The van der Waals surface area contributed by atoms with Crippen molar-refractivity contribution in [3.05, 3.63) is 64.3 Å². The van der Waals surface area contributed by atoms with E-state index in [9.17, 15) is 5.26 Å². The summed E-state index contributed by atoms with van der Waals surface area (Å²) in [6, 6.07) is 13.9. The van der Waals surface area contributed by atoms with Gasteiger partial charge in [-0.1, -0.05) is 23.7 Å². The summed E-state index contributed by atoms with van der Waals surface area (Å²) in [6.45, 7) is 1.98. The number of thiazole rings is 1. The monoisotopic (exact) mass is 364 g/mol. The Morgan fingerprint density at radius 2 is 2.16 bits per heavy atom. The molecule has 6 heteroatoms. The molecule has 4 aromatic rings. The zero-order valence-electron chi connectivity index (χ0n) is 13.4. The van der Waals surface area contributed by atoms with Gasteiger partial charge < -0.3 is 0 Å². The number of nitrogens with zero attached hydrogens (tertiary/aromatic N) is 4. The van der Waals surface area contributed by atoms with Gasteiger partial charge in [-0.05, 0) is 42.3 Å². The quantitative estimate of drug-likeness (QED) is 0.505. The Morgan fingerprint density at radius 3 is 2.88 bits per heavy atom. The first-order valence-electron chi connectivity index (χ1n) is 7.72. The maximum atomic E-state index is 9.32. The molecular formula is C19H13ClN4S. The number of aryl methyl sites for hydroxylation is 1. The van der Waals surface area contributed by atoms with Gasteiger partial charge in [0, 0.05) is 16.6 Å². The average Bonchev–Trinajstić information content (AvgIpc) is 3.19. The number of hydrogen-bond donors (Lipinski definition) is 0. The van der Waals surface area contributed by atoms with Gasteiger partial charge in [-0.2, -0.15) is 5.26 Å². The smallest absolute Gasteiger partial charge is 0.195 e. The predicted octanol–water partition coefficient (Wildman–Crippen LogP) is 5.15. The summed E-state index contributed by atoms with van der Waals surface area (Å²) in [5.41, 5.74) is 5.49. The molecule has 25 heavy (non-hydrogen) atoms. The minimum absolute atomic E-state index is 0.267. The van der Waals surface area contributed by atoms with Gasteiger partial charge in [-0.25, -0.2) is 4.98 Å². The predicted molar refractivity (Wildman–Crippen MR) is 101 cm³/mol. The Bertz CT molecular complexity index is 1110. The summed E-state index contributed by atoms with van der Waals surface area (Å²) >= 11 is 7.71. The van der Waals surface area contributed by atoms with Crippen LogP contribution in [0.25, 0.3) is 27.6 Å². The molecule has 0 saturated carbocycles. The summed E-state index contributed by atoms with van der Waals surface area (Å²) in [4.78, 5) is 9.98. The van der Waals surface area contributed by atoms with E-state index in [1.165, 1.54) is 0 Å². The largest absolute Gasteiger partial charge is 0.285 e. The van der Waals surface area contributed by atoms with Crippen LogP contribution in [0.15, 0.2) is 48.0 Å². The molecule has 4 rings (SSSR count). The van der Waals surface area contributed by atoms with Crippen LogP contribution in [0.5, 0.6) is 0 Å². The normalized spacial score (nSPS) is 10.9. The van der Waals surface area contributed by atoms with E-state index in [1.807, 2.05) is 37.3 Å². The number of benzene rings is 1. The third kappa shape index (κ3) is 2.70. The molecule has 0 bridgehead atoms. The van der Waals surface area contributed by atoms with E-state index in [4.69, 9.17) is 16.6 Å². The Morgan fingerprint density at radius 1 is 1.28 bits per heavy atom.